The Balaban J connectivity index is 1.87. The molecule has 5 nitrogen and oxygen atoms in total. The van der Waals surface area contributed by atoms with Crippen molar-refractivity contribution in [3.05, 3.63) is 0 Å². The first kappa shape index (κ1) is 15.8. The minimum Gasteiger partial charge on any atom is -0.342 e. The summed E-state index contributed by atoms with van der Waals surface area (Å²) in [7, 11) is -1.02. The zero-order valence-corrected chi connectivity index (χ0v) is 13.4. The van der Waals surface area contributed by atoms with E-state index >= 15 is 0 Å². The molecule has 0 aromatic carbocycles. The second-order valence-electron chi connectivity index (χ2n) is 6.23. The lowest BCUT2D eigenvalue weighted by Crippen LogP contribution is -2.52. The van der Waals surface area contributed by atoms with Crippen LogP contribution in [0, 0.1) is 0 Å². The van der Waals surface area contributed by atoms with Crippen molar-refractivity contribution >= 4 is 15.7 Å². The molecular formula is C14H26N2O3S. The van der Waals surface area contributed by atoms with Crippen molar-refractivity contribution in [1.29, 1.82) is 0 Å². The standard InChI is InChI=1S/C14H26N2O3S/c1-12-11-20(18,19)9-8-16(12)10-14(17)15(2)13-6-4-3-5-7-13/h12-13H,3-11H2,1-2H3/t12-/m0/s1. The Morgan fingerprint density at radius 1 is 1.25 bits per heavy atom. The molecular weight excluding hydrogens is 276 g/mol. The fourth-order valence-corrected chi connectivity index (χ4v) is 4.85. The van der Waals surface area contributed by atoms with Crippen LogP contribution in [0.5, 0.6) is 0 Å². The summed E-state index contributed by atoms with van der Waals surface area (Å²) in [5.74, 6) is 0.480. The van der Waals surface area contributed by atoms with E-state index in [0.29, 0.717) is 19.1 Å². The number of nitrogens with zero attached hydrogens (tertiary/aromatic N) is 2. The Labute approximate surface area is 122 Å². The zero-order chi connectivity index (χ0) is 14.8. The molecule has 1 aliphatic heterocycles. The molecule has 0 aromatic rings. The van der Waals surface area contributed by atoms with Crippen molar-refractivity contribution in [1.82, 2.24) is 9.80 Å². The summed E-state index contributed by atoms with van der Waals surface area (Å²) in [6.07, 6.45) is 5.90. The van der Waals surface area contributed by atoms with Crippen LogP contribution in [-0.2, 0) is 14.6 Å². The topological polar surface area (TPSA) is 57.7 Å². The van der Waals surface area contributed by atoms with Crippen molar-refractivity contribution in [2.75, 3.05) is 31.6 Å². The van der Waals surface area contributed by atoms with Crippen LogP contribution in [-0.4, -0.2) is 67.9 Å². The quantitative estimate of drug-likeness (QED) is 0.777. The Kier molecular flexibility index (Phi) is 5.07. The summed E-state index contributed by atoms with van der Waals surface area (Å²) in [6, 6.07) is 0.317. The van der Waals surface area contributed by atoms with Crippen LogP contribution in [0.4, 0.5) is 0 Å². The van der Waals surface area contributed by atoms with Crippen LogP contribution in [0.3, 0.4) is 0 Å². The molecule has 1 amide bonds. The van der Waals surface area contributed by atoms with E-state index in [9.17, 15) is 13.2 Å². The molecule has 2 fully saturated rings. The lowest BCUT2D eigenvalue weighted by Gasteiger charge is -2.36. The Morgan fingerprint density at radius 2 is 1.90 bits per heavy atom. The number of carbonyl (C=O) groups is 1. The van der Waals surface area contributed by atoms with Crippen LogP contribution in [0.15, 0.2) is 0 Å². The molecule has 20 heavy (non-hydrogen) atoms. The van der Waals surface area contributed by atoms with Gasteiger partial charge >= 0.3 is 0 Å². The Hall–Kier alpha value is -0.620. The van der Waals surface area contributed by atoms with E-state index in [1.54, 1.807) is 0 Å². The van der Waals surface area contributed by atoms with Crippen LogP contribution < -0.4 is 0 Å². The number of likely N-dealkylation sites (N-methyl/N-ethyl adjacent to an activating group) is 1. The first-order chi connectivity index (χ1) is 9.39. The van der Waals surface area contributed by atoms with Crippen molar-refractivity contribution in [2.24, 2.45) is 0 Å². The minimum absolute atomic E-state index is 0.0579. The molecule has 1 atom stereocenters. The molecule has 0 spiro atoms. The molecule has 0 unspecified atom stereocenters. The van der Waals surface area contributed by atoms with Gasteiger partial charge in [0, 0.05) is 25.7 Å². The van der Waals surface area contributed by atoms with Crippen LogP contribution in [0.1, 0.15) is 39.0 Å². The number of hydrogen-bond acceptors (Lipinski definition) is 4. The van der Waals surface area contributed by atoms with Crippen molar-refractivity contribution in [2.45, 2.75) is 51.1 Å². The van der Waals surface area contributed by atoms with Gasteiger partial charge in [-0.15, -0.1) is 0 Å². The van der Waals surface area contributed by atoms with E-state index in [0.717, 1.165) is 12.8 Å². The highest BCUT2D eigenvalue weighted by molar-refractivity contribution is 7.91. The van der Waals surface area contributed by atoms with Crippen molar-refractivity contribution in [3.8, 4) is 0 Å². The summed E-state index contributed by atoms with van der Waals surface area (Å²) >= 11 is 0. The van der Waals surface area contributed by atoms with Gasteiger partial charge in [0.05, 0.1) is 18.1 Å². The van der Waals surface area contributed by atoms with Crippen LogP contribution in [0.2, 0.25) is 0 Å². The molecule has 1 saturated heterocycles. The molecule has 0 radical (unpaired) electrons. The molecule has 6 heteroatoms. The molecule has 0 N–H and O–H groups in total. The zero-order valence-electron chi connectivity index (χ0n) is 12.5. The summed E-state index contributed by atoms with van der Waals surface area (Å²) in [4.78, 5) is 16.2. The number of amides is 1. The van der Waals surface area contributed by atoms with E-state index < -0.39 is 9.84 Å². The van der Waals surface area contributed by atoms with Gasteiger partial charge in [-0.05, 0) is 19.8 Å². The van der Waals surface area contributed by atoms with Crippen LogP contribution >= 0.6 is 0 Å². The van der Waals surface area contributed by atoms with Gasteiger partial charge in [-0.1, -0.05) is 19.3 Å². The molecule has 1 saturated carbocycles. The monoisotopic (exact) mass is 302 g/mol. The summed E-state index contributed by atoms with van der Waals surface area (Å²) in [5, 5.41) is 0. The van der Waals surface area contributed by atoms with Gasteiger partial charge in [0.1, 0.15) is 0 Å². The predicted molar refractivity (Wildman–Crippen MR) is 79.3 cm³/mol. The maximum absolute atomic E-state index is 12.4. The van der Waals surface area contributed by atoms with Gasteiger partial charge in [0.2, 0.25) is 5.91 Å². The first-order valence-corrected chi connectivity index (χ1v) is 9.41. The third-order valence-electron chi connectivity index (χ3n) is 4.66. The van der Waals surface area contributed by atoms with Crippen LogP contribution in [0.25, 0.3) is 0 Å². The highest BCUT2D eigenvalue weighted by Crippen LogP contribution is 2.22. The molecule has 0 bridgehead atoms. The third-order valence-corrected chi connectivity index (χ3v) is 6.46. The van der Waals surface area contributed by atoms with E-state index in [1.165, 1.54) is 19.3 Å². The van der Waals surface area contributed by atoms with E-state index in [1.807, 2.05) is 23.8 Å². The lowest BCUT2D eigenvalue weighted by molar-refractivity contribution is -0.134. The van der Waals surface area contributed by atoms with Gasteiger partial charge in [-0.25, -0.2) is 8.42 Å². The fourth-order valence-electron chi connectivity index (χ4n) is 3.23. The second kappa shape index (κ2) is 6.43. The third kappa shape index (κ3) is 3.95. The van der Waals surface area contributed by atoms with E-state index in [-0.39, 0.29) is 23.5 Å². The average Bonchev–Trinajstić information content (AvgIpc) is 2.41. The normalized spacial score (nSPS) is 28.2. The summed E-state index contributed by atoms with van der Waals surface area (Å²) in [5.41, 5.74) is 0. The Morgan fingerprint density at radius 3 is 2.50 bits per heavy atom. The highest BCUT2D eigenvalue weighted by Gasteiger charge is 2.31. The molecule has 2 aliphatic rings. The number of rotatable bonds is 3. The van der Waals surface area contributed by atoms with Crippen molar-refractivity contribution in [3.63, 3.8) is 0 Å². The molecule has 1 aliphatic carbocycles. The smallest absolute Gasteiger partial charge is 0.236 e. The predicted octanol–water partition coefficient (Wildman–Crippen LogP) is 0.896. The number of sulfone groups is 1. The SMILES string of the molecule is C[C@H]1CS(=O)(=O)CCN1CC(=O)N(C)C1CCCCC1. The lowest BCUT2D eigenvalue weighted by atomic mass is 9.94. The number of carbonyl (C=O) groups excluding carboxylic acids is 1. The summed E-state index contributed by atoms with van der Waals surface area (Å²) < 4.78 is 23.1. The molecule has 0 aromatic heterocycles. The van der Waals surface area contributed by atoms with Gasteiger partial charge in [0.25, 0.3) is 0 Å². The van der Waals surface area contributed by atoms with Gasteiger partial charge in [-0.2, -0.15) is 0 Å². The average molecular weight is 302 g/mol. The minimum atomic E-state index is -2.91. The van der Waals surface area contributed by atoms with Gasteiger partial charge in [0.15, 0.2) is 9.84 Å². The highest BCUT2D eigenvalue weighted by atomic mass is 32.2. The molecule has 116 valence electrons. The second-order valence-corrected chi connectivity index (χ2v) is 8.46. The van der Waals surface area contributed by atoms with Gasteiger partial charge < -0.3 is 4.90 Å². The first-order valence-electron chi connectivity index (χ1n) is 7.59. The maximum atomic E-state index is 12.4. The van der Waals surface area contributed by atoms with Crippen molar-refractivity contribution < 1.29 is 13.2 Å². The Bertz CT molecular complexity index is 443. The van der Waals surface area contributed by atoms with E-state index in [2.05, 4.69) is 0 Å². The fraction of sp³-hybridized carbons (Fsp3) is 0.929. The molecule has 1 heterocycles. The van der Waals surface area contributed by atoms with E-state index in [4.69, 9.17) is 0 Å². The van der Waals surface area contributed by atoms with Gasteiger partial charge in [-0.3, -0.25) is 9.69 Å². The molecule has 2 rings (SSSR count). The number of hydrogen-bond donors (Lipinski definition) is 0. The maximum Gasteiger partial charge on any atom is 0.236 e. The summed E-state index contributed by atoms with van der Waals surface area (Å²) in [6.45, 7) is 2.72. The largest absolute Gasteiger partial charge is 0.342 e.